The van der Waals surface area contributed by atoms with Crippen molar-refractivity contribution in [2.45, 2.75) is 38.9 Å². The molecule has 0 spiro atoms. The molecule has 0 saturated heterocycles. The molecule has 1 aromatic carbocycles. The van der Waals surface area contributed by atoms with Crippen molar-refractivity contribution in [1.82, 2.24) is 20.3 Å². The Hall–Kier alpha value is -3.41. The Kier molecular flexibility index (Phi) is 7.60. The second kappa shape index (κ2) is 10.2. The fraction of sp³-hybridized carbons (Fsp3) is 0.364. The Morgan fingerprint density at radius 3 is 2.59 bits per heavy atom. The standard InChI is InChI=1S/C22H24F3N5O3S/c1-13(2)11-21(3,30-20(31)32)12-33-17-5-4-14(10-15(17)22(23,24)25)16-6-7-26-18(28-16)29-19-27-8-9-34-19/h4-10,13,30H,11-12H2,1-3H3,(H,31,32)(H,26,27,28,29). The van der Waals surface area contributed by atoms with E-state index < -0.39 is 29.1 Å². The second-order valence-corrected chi connectivity index (χ2v) is 9.21. The van der Waals surface area contributed by atoms with E-state index >= 15 is 0 Å². The van der Waals surface area contributed by atoms with Crippen LogP contribution in [-0.4, -0.2) is 38.3 Å². The molecule has 2 aromatic heterocycles. The number of carboxylic acid groups (broad SMARTS) is 1. The van der Waals surface area contributed by atoms with Gasteiger partial charge in [0.1, 0.15) is 12.4 Å². The number of rotatable bonds is 9. The quantitative estimate of drug-likeness (QED) is 0.343. The van der Waals surface area contributed by atoms with Gasteiger partial charge in [-0.25, -0.2) is 19.7 Å². The summed E-state index contributed by atoms with van der Waals surface area (Å²) in [5.74, 6) is -0.103. The molecule has 2 heterocycles. The van der Waals surface area contributed by atoms with E-state index in [1.54, 1.807) is 18.5 Å². The van der Waals surface area contributed by atoms with E-state index in [1.807, 2.05) is 13.8 Å². The minimum atomic E-state index is -4.70. The van der Waals surface area contributed by atoms with Gasteiger partial charge in [-0.2, -0.15) is 13.2 Å². The molecule has 0 radical (unpaired) electrons. The van der Waals surface area contributed by atoms with Crippen LogP contribution in [0.5, 0.6) is 5.75 Å². The van der Waals surface area contributed by atoms with Gasteiger partial charge in [0.15, 0.2) is 5.13 Å². The Labute approximate surface area is 198 Å². The zero-order chi connectivity index (χ0) is 24.9. The lowest BCUT2D eigenvalue weighted by Gasteiger charge is -2.31. The fourth-order valence-electron chi connectivity index (χ4n) is 3.54. The van der Waals surface area contributed by atoms with Gasteiger partial charge in [-0.15, -0.1) is 11.3 Å². The summed E-state index contributed by atoms with van der Waals surface area (Å²) >= 11 is 1.33. The highest BCUT2D eigenvalue weighted by Crippen LogP contribution is 2.39. The monoisotopic (exact) mass is 495 g/mol. The van der Waals surface area contributed by atoms with Gasteiger partial charge in [-0.05, 0) is 43.5 Å². The van der Waals surface area contributed by atoms with Crippen LogP contribution in [0.1, 0.15) is 32.8 Å². The van der Waals surface area contributed by atoms with Gasteiger partial charge in [-0.3, -0.25) is 0 Å². The first-order valence-electron chi connectivity index (χ1n) is 10.3. The lowest BCUT2D eigenvalue weighted by Crippen LogP contribution is -2.50. The van der Waals surface area contributed by atoms with Crippen LogP contribution >= 0.6 is 11.3 Å². The molecular weight excluding hydrogens is 471 g/mol. The zero-order valence-corrected chi connectivity index (χ0v) is 19.5. The minimum absolute atomic E-state index is 0.0925. The number of nitrogens with zero attached hydrogens (tertiary/aromatic N) is 3. The highest BCUT2D eigenvalue weighted by atomic mass is 32.1. The van der Waals surface area contributed by atoms with E-state index in [0.29, 0.717) is 11.6 Å². The van der Waals surface area contributed by atoms with Crippen LogP contribution in [0.25, 0.3) is 11.3 Å². The average molecular weight is 496 g/mol. The summed E-state index contributed by atoms with van der Waals surface area (Å²) in [5.41, 5.74) is -1.55. The van der Waals surface area contributed by atoms with E-state index in [4.69, 9.17) is 9.84 Å². The van der Waals surface area contributed by atoms with Gasteiger partial charge in [0.2, 0.25) is 5.95 Å². The molecule has 8 nitrogen and oxygen atoms in total. The number of carbonyl (C=O) groups is 1. The summed E-state index contributed by atoms with van der Waals surface area (Å²) in [5, 5.41) is 16.7. The van der Waals surface area contributed by atoms with E-state index in [1.165, 1.54) is 35.7 Å². The fourth-order valence-corrected chi connectivity index (χ4v) is 4.06. The normalized spacial score (nSPS) is 13.4. The van der Waals surface area contributed by atoms with E-state index in [2.05, 4.69) is 25.6 Å². The third-order valence-corrected chi connectivity index (χ3v) is 5.39. The molecule has 12 heteroatoms. The number of alkyl halides is 3. The lowest BCUT2D eigenvalue weighted by molar-refractivity contribution is -0.139. The largest absolute Gasteiger partial charge is 0.491 e. The molecule has 182 valence electrons. The highest BCUT2D eigenvalue weighted by molar-refractivity contribution is 7.13. The molecular formula is C22H24F3N5O3S. The molecule has 34 heavy (non-hydrogen) atoms. The Bertz CT molecular complexity index is 1130. The molecule has 1 atom stereocenters. The van der Waals surface area contributed by atoms with Crippen LogP contribution in [0.4, 0.5) is 29.0 Å². The van der Waals surface area contributed by atoms with Crippen LogP contribution < -0.4 is 15.4 Å². The summed E-state index contributed by atoms with van der Waals surface area (Å²) in [4.78, 5) is 23.6. The van der Waals surface area contributed by atoms with Crippen molar-refractivity contribution in [1.29, 1.82) is 0 Å². The first-order valence-corrected chi connectivity index (χ1v) is 11.2. The molecule has 1 amide bonds. The van der Waals surface area contributed by atoms with Crippen LogP contribution in [-0.2, 0) is 6.18 Å². The first-order chi connectivity index (χ1) is 15.9. The molecule has 3 rings (SSSR count). The summed E-state index contributed by atoms with van der Waals surface area (Å²) in [7, 11) is 0. The summed E-state index contributed by atoms with van der Waals surface area (Å²) < 4.78 is 47.1. The SMILES string of the molecule is CC(C)CC(C)(COc1ccc(-c2ccnc(Nc3nccs3)n2)cc1C(F)(F)F)NC(=O)O. The number of ether oxygens (including phenoxy) is 1. The molecule has 0 fully saturated rings. The molecule has 3 N–H and O–H groups in total. The number of aromatic nitrogens is 3. The number of nitrogens with one attached hydrogen (secondary N) is 2. The number of amides is 1. The lowest BCUT2D eigenvalue weighted by atomic mass is 9.91. The van der Waals surface area contributed by atoms with Crippen LogP contribution in [0.15, 0.2) is 42.0 Å². The van der Waals surface area contributed by atoms with Crippen molar-refractivity contribution in [2.24, 2.45) is 5.92 Å². The maximum atomic E-state index is 13.9. The number of anilines is 2. The van der Waals surface area contributed by atoms with Crippen LogP contribution in [0.3, 0.4) is 0 Å². The van der Waals surface area contributed by atoms with E-state index in [9.17, 15) is 18.0 Å². The van der Waals surface area contributed by atoms with Crippen LogP contribution in [0.2, 0.25) is 0 Å². The summed E-state index contributed by atoms with van der Waals surface area (Å²) in [6.07, 6.45) is -2.55. The van der Waals surface area contributed by atoms with Gasteiger partial charge in [0.25, 0.3) is 0 Å². The minimum Gasteiger partial charge on any atom is -0.491 e. The second-order valence-electron chi connectivity index (χ2n) is 8.31. The summed E-state index contributed by atoms with van der Waals surface area (Å²) in [6, 6.07) is 5.13. The third-order valence-electron chi connectivity index (χ3n) is 4.70. The summed E-state index contributed by atoms with van der Waals surface area (Å²) in [6.45, 7) is 5.10. The molecule has 0 aliphatic carbocycles. The average Bonchev–Trinajstić information content (AvgIpc) is 3.23. The molecule has 0 aliphatic rings. The third kappa shape index (κ3) is 6.80. The van der Waals surface area contributed by atoms with Gasteiger partial charge < -0.3 is 20.5 Å². The van der Waals surface area contributed by atoms with Crippen LogP contribution in [0, 0.1) is 5.92 Å². The Morgan fingerprint density at radius 1 is 1.21 bits per heavy atom. The Balaban J connectivity index is 1.88. The zero-order valence-electron chi connectivity index (χ0n) is 18.7. The van der Waals surface area contributed by atoms with Crippen molar-refractivity contribution in [3.63, 3.8) is 0 Å². The van der Waals surface area contributed by atoms with E-state index in [-0.39, 0.29) is 29.7 Å². The first kappa shape index (κ1) is 25.2. The van der Waals surface area contributed by atoms with Crippen molar-refractivity contribution in [3.8, 4) is 17.0 Å². The maximum Gasteiger partial charge on any atom is 0.419 e. The predicted octanol–water partition coefficient (Wildman–Crippen LogP) is 5.81. The number of thiazole rings is 1. The smallest absolute Gasteiger partial charge is 0.419 e. The predicted molar refractivity (Wildman–Crippen MR) is 122 cm³/mol. The molecule has 0 aliphatic heterocycles. The van der Waals surface area contributed by atoms with Crippen molar-refractivity contribution < 1.29 is 27.8 Å². The number of hydrogen-bond acceptors (Lipinski definition) is 7. The van der Waals surface area contributed by atoms with Crippen molar-refractivity contribution in [2.75, 3.05) is 11.9 Å². The van der Waals surface area contributed by atoms with Gasteiger partial charge in [-0.1, -0.05) is 13.8 Å². The van der Waals surface area contributed by atoms with Crippen molar-refractivity contribution >= 4 is 28.5 Å². The molecule has 1 unspecified atom stereocenters. The molecule has 0 saturated carbocycles. The maximum absolute atomic E-state index is 13.9. The number of halogens is 3. The van der Waals surface area contributed by atoms with Crippen molar-refractivity contribution in [3.05, 3.63) is 47.6 Å². The van der Waals surface area contributed by atoms with Gasteiger partial charge in [0.05, 0.1) is 16.8 Å². The van der Waals surface area contributed by atoms with Gasteiger partial charge >= 0.3 is 12.3 Å². The highest BCUT2D eigenvalue weighted by Gasteiger charge is 2.36. The topological polar surface area (TPSA) is 109 Å². The number of hydrogen-bond donors (Lipinski definition) is 3. The molecule has 3 aromatic rings. The Morgan fingerprint density at radius 2 is 1.97 bits per heavy atom. The van der Waals surface area contributed by atoms with E-state index in [0.717, 1.165) is 6.07 Å². The molecule has 0 bridgehead atoms. The van der Waals surface area contributed by atoms with Gasteiger partial charge in [0, 0.05) is 23.3 Å². The number of benzene rings is 1.